The fourth-order valence-electron chi connectivity index (χ4n) is 2.84. The van der Waals surface area contributed by atoms with Crippen LogP contribution in [-0.2, 0) is 16.1 Å². The molecule has 0 saturated heterocycles. The number of thioether (sulfide) groups is 1. The molecule has 27 heavy (non-hydrogen) atoms. The van der Waals surface area contributed by atoms with E-state index in [0.717, 1.165) is 29.1 Å². The van der Waals surface area contributed by atoms with Gasteiger partial charge >= 0.3 is 5.97 Å². The summed E-state index contributed by atoms with van der Waals surface area (Å²) >= 11 is 1.48. The molecule has 3 rings (SSSR count). The predicted molar refractivity (Wildman–Crippen MR) is 105 cm³/mol. The lowest BCUT2D eigenvalue weighted by Gasteiger charge is -2.22. The number of hydrogen-bond donors (Lipinski definition) is 0. The molecular formula is C21H23NO4S. The van der Waals surface area contributed by atoms with Crippen LogP contribution in [0.25, 0.3) is 0 Å². The van der Waals surface area contributed by atoms with Gasteiger partial charge in [0, 0.05) is 17.5 Å². The monoisotopic (exact) mass is 385 g/mol. The van der Waals surface area contributed by atoms with Crippen LogP contribution in [0, 0.1) is 0 Å². The summed E-state index contributed by atoms with van der Waals surface area (Å²) in [5.41, 5.74) is 1.51. The number of benzene rings is 2. The first-order valence-corrected chi connectivity index (χ1v) is 10.1. The van der Waals surface area contributed by atoms with Gasteiger partial charge in [0.2, 0.25) is 0 Å². The Morgan fingerprint density at radius 1 is 1.11 bits per heavy atom. The molecule has 0 aromatic heterocycles. The molecule has 0 bridgehead atoms. The molecular weight excluding hydrogens is 362 g/mol. The molecule has 5 nitrogen and oxygen atoms in total. The first-order chi connectivity index (χ1) is 13.1. The highest BCUT2D eigenvalue weighted by Crippen LogP contribution is 2.29. The van der Waals surface area contributed by atoms with Crippen molar-refractivity contribution >= 4 is 23.6 Å². The Balaban J connectivity index is 1.61. The van der Waals surface area contributed by atoms with E-state index in [9.17, 15) is 9.59 Å². The SMILES string of the molecule is COc1ccc(CN(C(=O)COC(=O)c2ccccc2SC)C2CC2)cc1. The van der Waals surface area contributed by atoms with Crippen molar-refractivity contribution in [3.8, 4) is 5.75 Å². The van der Waals surface area contributed by atoms with Gasteiger partial charge in [0.1, 0.15) is 5.75 Å². The molecule has 142 valence electrons. The predicted octanol–water partition coefficient (Wildman–Crippen LogP) is 3.77. The van der Waals surface area contributed by atoms with Gasteiger partial charge in [0.15, 0.2) is 6.61 Å². The Bertz CT molecular complexity index is 802. The third-order valence-corrected chi connectivity index (χ3v) is 5.27. The van der Waals surface area contributed by atoms with Crippen molar-refractivity contribution in [3.63, 3.8) is 0 Å². The van der Waals surface area contributed by atoms with E-state index in [0.29, 0.717) is 12.1 Å². The van der Waals surface area contributed by atoms with Gasteiger partial charge in [0.05, 0.1) is 12.7 Å². The van der Waals surface area contributed by atoms with Gasteiger partial charge in [-0.05, 0) is 48.9 Å². The molecule has 0 atom stereocenters. The Hall–Kier alpha value is -2.47. The molecule has 1 aliphatic carbocycles. The third-order valence-electron chi connectivity index (χ3n) is 4.47. The minimum absolute atomic E-state index is 0.164. The standard InChI is InChI=1S/C21H23NO4S/c1-25-17-11-7-15(8-12-17)13-22(16-9-10-16)20(23)14-26-21(24)18-5-3-4-6-19(18)27-2/h3-8,11-12,16H,9-10,13-14H2,1-2H3. The van der Waals surface area contributed by atoms with Crippen LogP contribution in [0.1, 0.15) is 28.8 Å². The van der Waals surface area contributed by atoms with E-state index in [1.54, 1.807) is 24.1 Å². The topological polar surface area (TPSA) is 55.8 Å². The van der Waals surface area contributed by atoms with Gasteiger partial charge in [-0.1, -0.05) is 24.3 Å². The van der Waals surface area contributed by atoms with Crippen molar-refractivity contribution in [1.29, 1.82) is 0 Å². The lowest BCUT2D eigenvalue weighted by molar-refractivity contribution is -0.135. The second-order valence-electron chi connectivity index (χ2n) is 6.38. The second kappa shape index (κ2) is 8.95. The minimum atomic E-state index is -0.464. The number of methoxy groups -OCH3 is 1. The molecule has 0 spiro atoms. The van der Waals surface area contributed by atoms with Gasteiger partial charge in [-0.3, -0.25) is 4.79 Å². The summed E-state index contributed by atoms with van der Waals surface area (Å²) in [6.45, 7) is 0.265. The number of ether oxygens (including phenoxy) is 2. The Morgan fingerprint density at radius 3 is 2.44 bits per heavy atom. The first-order valence-electron chi connectivity index (χ1n) is 8.85. The number of carbonyl (C=O) groups is 2. The normalized spacial score (nSPS) is 13.1. The van der Waals surface area contributed by atoms with E-state index in [1.807, 2.05) is 42.7 Å². The molecule has 0 heterocycles. The summed E-state index contributed by atoms with van der Waals surface area (Å²) < 4.78 is 10.5. The average Bonchev–Trinajstić information content (AvgIpc) is 3.55. The van der Waals surface area contributed by atoms with Crippen LogP contribution in [0.5, 0.6) is 5.75 Å². The van der Waals surface area contributed by atoms with Crippen LogP contribution >= 0.6 is 11.8 Å². The fraction of sp³-hybridized carbons (Fsp3) is 0.333. The van der Waals surface area contributed by atoms with Gasteiger partial charge in [0.25, 0.3) is 5.91 Å². The quantitative estimate of drug-likeness (QED) is 0.511. The molecule has 1 fully saturated rings. The summed E-state index contributed by atoms with van der Waals surface area (Å²) in [6, 6.07) is 15.1. The van der Waals surface area contributed by atoms with Crippen LogP contribution in [0.2, 0.25) is 0 Å². The fourth-order valence-corrected chi connectivity index (χ4v) is 3.42. The van der Waals surface area contributed by atoms with E-state index in [2.05, 4.69) is 0 Å². The molecule has 0 unspecified atom stereocenters. The van der Waals surface area contributed by atoms with Crippen LogP contribution in [-0.4, -0.2) is 42.8 Å². The molecule has 1 saturated carbocycles. The van der Waals surface area contributed by atoms with Crippen molar-refractivity contribution in [2.24, 2.45) is 0 Å². The summed E-state index contributed by atoms with van der Waals surface area (Å²) in [7, 11) is 1.62. The van der Waals surface area contributed by atoms with Crippen molar-refractivity contribution in [2.45, 2.75) is 30.3 Å². The molecule has 0 radical (unpaired) electrons. The number of carbonyl (C=O) groups excluding carboxylic acids is 2. The molecule has 0 N–H and O–H groups in total. The van der Waals surface area contributed by atoms with Gasteiger partial charge in [-0.2, -0.15) is 0 Å². The largest absolute Gasteiger partial charge is 0.497 e. The van der Waals surface area contributed by atoms with E-state index in [4.69, 9.17) is 9.47 Å². The maximum atomic E-state index is 12.7. The van der Waals surface area contributed by atoms with Gasteiger partial charge < -0.3 is 14.4 Å². The van der Waals surface area contributed by atoms with Crippen LogP contribution in [0.4, 0.5) is 0 Å². The molecule has 6 heteroatoms. The molecule has 1 aliphatic rings. The Kier molecular flexibility index (Phi) is 6.40. The average molecular weight is 385 g/mol. The second-order valence-corrected chi connectivity index (χ2v) is 7.23. The van der Waals surface area contributed by atoms with Crippen molar-refractivity contribution in [1.82, 2.24) is 4.90 Å². The summed E-state index contributed by atoms with van der Waals surface area (Å²) in [5, 5.41) is 0. The number of amides is 1. The number of esters is 1. The Morgan fingerprint density at radius 2 is 1.81 bits per heavy atom. The zero-order valence-electron chi connectivity index (χ0n) is 15.5. The zero-order chi connectivity index (χ0) is 19.2. The molecule has 2 aromatic carbocycles. The number of rotatable bonds is 8. The highest BCUT2D eigenvalue weighted by molar-refractivity contribution is 7.98. The van der Waals surface area contributed by atoms with Crippen molar-refractivity contribution in [2.75, 3.05) is 20.0 Å². The first kappa shape index (κ1) is 19.3. The lowest BCUT2D eigenvalue weighted by atomic mass is 10.2. The van der Waals surface area contributed by atoms with Crippen LogP contribution < -0.4 is 4.74 Å². The molecule has 2 aromatic rings. The minimum Gasteiger partial charge on any atom is -0.497 e. The Labute approximate surface area is 163 Å². The zero-order valence-corrected chi connectivity index (χ0v) is 16.3. The van der Waals surface area contributed by atoms with Gasteiger partial charge in [-0.25, -0.2) is 4.79 Å². The van der Waals surface area contributed by atoms with E-state index >= 15 is 0 Å². The third kappa shape index (κ3) is 5.04. The summed E-state index contributed by atoms with van der Waals surface area (Å²) in [5.74, 6) is 0.154. The highest BCUT2D eigenvalue weighted by atomic mass is 32.2. The van der Waals surface area contributed by atoms with E-state index in [-0.39, 0.29) is 18.6 Å². The van der Waals surface area contributed by atoms with E-state index < -0.39 is 5.97 Å². The van der Waals surface area contributed by atoms with E-state index in [1.165, 1.54) is 11.8 Å². The molecule has 0 aliphatic heterocycles. The maximum absolute atomic E-state index is 12.7. The number of nitrogens with zero attached hydrogens (tertiary/aromatic N) is 1. The summed E-state index contributed by atoms with van der Waals surface area (Å²) in [4.78, 5) is 27.6. The van der Waals surface area contributed by atoms with Crippen LogP contribution in [0.3, 0.4) is 0 Å². The molecule has 1 amide bonds. The van der Waals surface area contributed by atoms with Crippen molar-refractivity contribution in [3.05, 3.63) is 59.7 Å². The maximum Gasteiger partial charge on any atom is 0.339 e. The smallest absolute Gasteiger partial charge is 0.339 e. The number of hydrogen-bond acceptors (Lipinski definition) is 5. The van der Waals surface area contributed by atoms with Gasteiger partial charge in [-0.15, -0.1) is 11.8 Å². The summed E-state index contributed by atoms with van der Waals surface area (Å²) in [6.07, 6.45) is 3.89. The van der Waals surface area contributed by atoms with Crippen molar-refractivity contribution < 1.29 is 19.1 Å². The highest BCUT2D eigenvalue weighted by Gasteiger charge is 2.33. The lowest BCUT2D eigenvalue weighted by Crippen LogP contribution is -2.36. The van der Waals surface area contributed by atoms with Crippen LogP contribution in [0.15, 0.2) is 53.4 Å².